The van der Waals surface area contributed by atoms with Crippen LogP contribution in [0.5, 0.6) is 11.5 Å². The molecule has 1 aromatic carbocycles. The summed E-state index contributed by atoms with van der Waals surface area (Å²) < 4.78 is 10.8. The molecule has 2 aliphatic rings. The first-order chi connectivity index (χ1) is 12.2. The lowest BCUT2D eigenvalue weighted by Gasteiger charge is -2.33. The molecule has 0 aliphatic carbocycles. The predicted octanol–water partition coefficient (Wildman–Crippen LogP) is 1.93. The molecule has 2 saturated heterocycles. The molecule has 6 nitrogen and oxygen atoms in total. The van der Waals surface area contributed by atoms with E-state index in [0.717, 1.165) is 38.8 Å². The molecule has 3 rings (SSSR count). The fourth-order valence-corrected chi connectivity index (χ4v) is 3.54. The minimum Gasteiger partial charge on any atom is -0.493 e. The first-order valence-corrected chi connectivity index (χ1v) is 9.01. The number of hydrogen-bond donors (Lipinski definition) is 0. The predicted molar refractivity (Wildman–Crippen MR) is 93.6 cm³/mol. The molecule has 6 heteroatoms. The quantitative estimate of drug-likeness (QED) is 0.817. The molecule has 0 aromatic heterocycles. The first kappa shape index (κ1) is 17.6. The zero-order chi connectivity index (χ0) is 17.6. The number of methoxy groups -OCH3 is 1. The Morgan fingerprint density at radius 1 is 1.00 bits per heavy atom. The minimum absolute atomic E-state index is 0.00882. The number of carbonyl (C=O) groups excluding carboxylic acids is 2. The second-order valence-electron chi connectivity index (χ2n) is 6.63. The van der Waals surface area contributed by atoms with Crippen molar-refractivity contribution in [3.05, 3.63) is 24.3 Å². The van der Waals surface area contributed by atoms with Gasteiger partial charge in [-0.25, -0.2) is 0 Å². The average molecular weight is 346 g/mol. The summed E-state index contributed by atoms with van der Waals surface area (Å²) in [7, 11) is 1.58. The van der Waals surface area contributed by atoms with E-state index in [0.29, 0.717) is 24.6 Å². The zero-order valence-electron chi connectivity index (χ0n) is 14.8. The Morgan fingerprint density at radius 2 is 1.64 bits per heavy atom. The van der Waals surface area contributed by atoms with Gasteiger partial charge in [-0.3, -0.25) is 9.59 Å². The van der Waals surface area contributed by atoms with E-state index >= 15 is 0 Å². The Morgan fingerprint density at radius 3 is 2.28 bits per heavy atom. The van der Waals surface area contributed by atoms with Gasteiger partial charge in [0, 0.05) is 32.1 Å². The Labute approximate surface area is 148 Å². The second-order valence-corrected chi connectivity index (χ2v) is 6.63. The van der Waals surface area contributed by atoms with E-state index in [9.17, 15) is 9.59 Å². The summed E-state index contributed by atoms with van der Waals surface area (Å²) in [6.45, 7) is 3.03. The number of benzene rings is 1. The molecule has 0 unspecified atom stereocenters. The van der Waals surface area contributed by atoms with Gasteiger partial charge in [0.1, 0.15) is 0 Å². The smallest absolute Gasteiger partial charge is 0.260 e. The summed E-state index contributed by atoms with van der Waals surface area (Å²) in [4.78, 5) is 28.6. The van der Waals surface area contributed by atoms with Crippen LogP contribution in [0.25, 0.3) is 0 Å². The Balaban J connectivity index is 1.46. The fourth-order valence-electron chi connectivity index (χ4n) is 3.54. The summed E-state index contributed by atoms with van der Waals surface area (Å²) >= 11 is 0. The second kappa shape index (κ2) is 8.23. The van der Waals surface area contributed by atoms with Gasteiger partial charge in [-0.2, -0.15) is 0 Å². The van der Waals surface area contributed by atoms with Crippen LogP contribution in [0.1, 0.15) is 25.7 Å². The molecule has 2 aliphatic heterocycles. The Bertz CT molecular complexity index is 605. The highest BCUT2D eigenvalue weighted by atomic mass is 16.5. The number of amides is 2. The molecule has 0 saturated carbocycles. The SMILES string of the molecule is COc1ccccc1OCC(=O)N1CCC(C(=O)N2CCCC2)CC1. The minimum atomic E-state index is -0.0435. The van der Waals surface area contributed by atoms with Crippen LogP contribution < -0.4 is 9.47 Å². The fraction of sp³-hybridized carbons (Fsp3) is 0.579. The zero-order valence-corrected chi connectivity index (χ0v) is 14.8. The molecule has 1 aromatic rings. The topological polar surface area (TPSA) is 59.1 Å². The molecule has 2 fully saturated rings. The molecule has 25 heavy (non-hydrogen) atoms. The van der Waals surface area contributed by atoms with E-state index in [4.69, 9.17) is 9.47 Å². The molecule has 0 radical (unpaired) electrons. The van der Waals surface area contributed by atoms with Gasteiger partial charge in [-0.15, -0.1) is 0 Å². The van der Waals surface area contributed by atoms with Crippen LogP contribution in [0, 0.1) is 5.92 Å². The van der Waals surface area contributed by atoms with Gasteiger partial charge < -0.3 is 19.3 Å². The molecule has 0 atom stereocenters. The number of rotatable bonds is 5. The standard InChI is InChI=1S/C19H26N2O4/c1-24-16-6-2-3-7-17(16)25-14-18(22)20-12-8-15(9-13-20)19(23)21-10-4-5-11-21/h2-3,6-7,15H,4-5,8-14H2,1H3. The van der Waals surface area contributed by atoms with Crippen molar-refractivity contribution >= 4 is 11.8 Å². The van der Waals surface area contributed by atoms with E-state index in [1.54, 1.807) is 24.1 Å². The Hall–Kier alpha value is -2.24. The summed E-state index contributed by atoms with van der Waals surface area (Å²) in [6, 6.07) is 7.29. The van der Waals surface area contributed by atoms with Crippen LogP contribution in [-0.2, 0) is 9.59 Å². The van der Waals surface area contributed by atoms with Gasteiger partial charge in [-0.1, -0.05) is 12.1 Å². The van der Waals surface area contributed by atoms with E-state index in [1.807, 2.05) is 17.0 Å². The van der Waals surface area contributed by atoms with Crippen molar-refractivity contribution < 1.29 is 19.1 Å². The van der Waals surface area contributed by atoms with E-state index in [2.05, 4.69) is 0 Å². The number of nitrogens with zero attached hydrogens (tertiary/aromatic N) is 2. The van der Waals surface area contributed by atoms with Gasteiger partial charge in [0.25, 0.3) is 5.91 Å². The van der Waals surface area contributed by atoms with Crippen LogP contribution in [0.4, 0.5) is 0 Å². The normalized spacial score (nSPS) is 18.3. The van der Waals surface area contributed by atoms with Crippen LogP contribution in [0.2, 0.25) is 0 Å². The van der Waals surface area contributed by atoms with Crippen molar-refractivity contribution in [3.8, 4) is 11.5 Å². The van der Waals surface area contributed by atoms with Crippen molar-refractivity contribution in [3.63, 3.8) is 0 Å². The van der Waals surface area contributed by atoms with Crippen molar-refractivity contribution in [2.45, 2.75) is 25.7 Å². The van der Waals surface area contributed by atoms with Crippen LogP contribution in [-0.4, -0.2) is 61.5 Å². The maximum absolute atomic E-state index is 12.4. The number of ether oxygens (including phenoxy) is 2. The van der Waals surface area contributed by atoms with Crippen molar-refractivity contribution in [2.24, 2.45) is 5.92 Å². The molecule has 2 amide bonds. The third-order valence-electron chi connectivity index (χ3n) is 5.03. The number of para-hydroxylation sites is 2. The lowest BCUT2D eigenvalue weighted by Crippen LogP contribution is -2.45. The maximum atomic E-state index is 12.4. The molecule has 0 spiro atoms. The van der Waals surface area contributed by atoms with Gasteiger partial charge in [0.15, 0.2) is 18.1 Å². The average Bonchev–Trinajstić information content (AvgIpc) is 3.20. The van der Waals surface area contributed by atoms with Crippen LogP contribution in [0.15, 0.2) is 24.3 Å². The summed E-state index contributed by atoms with van der Waals surface area (Å²) in [6.07, 6.45) is 3.72. The molecular formula is C19H26N2O4. The summed E-state index contributed by atoms with van der Waals surface area (Å²) in [5.41, 5.74) is 0. The van der Waals surface area contributed by atoms with Crippen molar-refractivity contribution in [1.82, 2.24) is 9.80 Å². The van der Waals surface area contributed by atoms with Crippen LogP contribution in [0.3, 0.4) is 0 Å². The highest BCUT2D eigenvalue weighted by Crippen LogP contribution is 2.26. The highest BCUT2D eigenvalue weighted by molar-refractivity contribution is 5.81. The van der Waals surface area contributed by atoms with Crippen LogP contribution >= 0.6 is 0 Å². The van der Waals surface area contributed by atoms with Gasteiger partial charge in [0.2, 0.25) is 5.91 Å². The molecule has 2 heterocycles. The Kier molecular flexibility index (Phi) is 5.79. The van der Waals surface area contributed by atoms with Gasteiger partial charge in [-0.05, 0) is 37.8 Å². The van der Waals surface area contributed by atoms with Crippen molar-refractivity contribution in [2.75, 3.05) is 39.9 Å². The largest absolute Gasteiger partial charge is 0.493 e. The molecule has 136 valence electrons. The van der Waals surface area contributed by atoms with E-state index in [-0.39, 0.29) is 24.3 Å². The molecule has 0 N–H and O–H groups in total. The number of carbonyl (C=O) groups is 2. The van der Waals surface area contributed by atoms with Crippen molar-refractivity contribution in [1.29, 1.82) is 0 Å². The monoisotopic (exact) mass is 346 g/mol. The van der Waals surface area contributed by atoms with Gasteiger partial charge >= 0.3 is 0 Å². The lowest BCUT2D eigenvalue weighted by atomic mass is 9.95. The van der Waals surface area contributed by atoms with E-state index < -0.39 is 0 Å². The number of piperidine rings is 1. The molecular weight excluding hydrogens is 320 g/mol. The third kappa shape index (κ3) is 4.24. The first-order valence-electron chi connectivity index (χ1n) is 9.01. The van der Waals surface area contributed by atoms with E-state index in [1.165, 1.54) is 0 Å². The maximum Gasteiger partial charge on any atom is 0.260 e. The summed E-state index contributed by atoms with van der Waals surface area (Å²) in [5.74, 6) is 1.48. The highest BCUT2D eigenvalue weighted by Gasteiger charge is 2.31. The number of likely N-dealkylation sites (tertiary alicyclic amines) is 2. The summed E-state index contributed by atoms with van der Waals surface area (Å²) in [5, 5.41) is 0. The van der Waals surface area contributed by atoms with Gasteiger partial charge in [0.05, 0.1) is 7.11 Å². The third-order valence-corrected chi connectivity index (χ3v) is 5.03. The molecule has 0 bridgehead atoms. The number of hydrogen-bond acceptors (Lipinski definition) is 4. The lowest BCUT2D eigenvalue weighted by molar-refractivity contribution is -0.140.